The smallest absolute Gasteiger partial charge is 0.273 e. The van der Waals surface area contributed by atoms with Crippen LogP contribution in [0, 0.1) is 10.1 Å². The lowest BCUT2D eigenvalue weighted by Crippen LogP contribution is -2.30. The van der Waals surface area contributed by atoms with Gasteiger partial charge in [0, 0.05) is 25.2 Å². The highest BCUT2D eigenvalue weighted by atomic mass is 35.5. The number of oxazole rings is 1. The summed E-state index contributed by atoms with van der Waals surface area (Å²) in [6, 6.07) is 3.65. The van der Waals surface area contributed by atoms with E-state index in [-0.39, 0.29) is 40.3 Å². The Hall–Kier alpha value is -2.94. The molecule has 0 bridgehead atoms. The molecule has 10 heteroatoms. The van der Waals surface area contributed by atoms with E-state index in [4.69, 9.17) is 16.0 Å². The van der Waals surface area contributed by atoms with Crippen LogP contribution in [0.4, 0.5) is 5.69 Å². The molecular weight excluding hydrogens is 364 g/mol. The first-order valence-electron chi connectivity index (χ1n) is 7.83. The minimum atomic E-state index is -0.590. The number of rotatable bonds is 7. The van der Waals surface area contributed by atoms with E-state index in [9.17, 15) is 19.7 Å². The van der Waals surface area contributed by atoms with Crippen molar-refractivity contribution < 1.29 is 18.9 Å². The molecule has 0 aliphatic carbocycles. The van der Waals surface area contributed by atoms with E-state index in [1.165, 1.54) is 23.3 Å². The molecule has 0 saturated heterocycles. The molecule has 0 radical (unpaired) electrons. The van der Waals surface area contributed by atoms with Gasteiger partial charge in [-0.25, -0.2) is 4.98 Å². The monoisotopic (exact) mass is 380 g/mol. The molecule has 0 atom stereocenters. The van der Waals surface area contributed by atoms with Gasteiger partial charge >= 0.3 is 0 Å². The molecule has 1 aromatic carbocycles. The minimum Gasteiger partial charge on any atom is -0.446 e. The van der Waals surface area contributed by atoms with Crippen molar-refractivity contribution in [1.29, 1.82) is 0 Å². The van der Waals surface area contributed by atoms with Crippen LogP contribution in [0.5, 0.6) is 0 Å². The number of non-ortho nitro benzene ring substituents is 1. The molecule has 1 N–H and O–H groups in total. The predicted octanol–water partition coefficient (Wildman–Crippen LogP) is 2.65. The van der Waals surface area contributed by atoms with Crippen molar-refractivity contribution in [1.82, 2.24) is 15.2 Å². The number of nitrogens with zero attached hydrogens (tertiary/aromatic N) is 3. The number of aromatic nitrogens is 1. The average Bonchev–Trinajstić information content (AvgIpc) is 3.08. The van der Waals surface area contributed by atoms with Gasteiger partial charge in [-0.3, -0.25) is 19.7 Å². The van der Waals surface area contributed by atoms with E-state index in [1.54, 1.807) is 13.8 Å². The quantitative estimate of drug-likeness (QED) is 0.582. The van der Waals surface area contributed by atoms with Gasteiger partial charge in [0.05, 0.1) is 22.1 Å². The van der Waals surface area contributed by atoms with Crippen LogP contribution in [0.15, 0.2) is 28.9 Å². The predicted molar refractivity (Wildman–Crippen MR) is 93.0 cm³/mol. The summed E-state index contributed by atoms with van der Waals surface area (Å²) in [5.41, 5.74) is 0.0576. The molecule has 9 nitrogen and oxygen atoms in total. The van der Waals surface area contributed by atoms with Crippen LogP contribution in [0.3, 0.4) is 0 Å². The number of benzene rings is 1. The number of nitrogens with one attached hydrogen (secondary N) is 1. The molecule has 0 aliphatic rings. The SMILES string of the molecule is CCNC(=O)c1coc(CN(CC)C(=O)c2ccc([N+](=O)[O-])cc2Cl)n1. The molecular formula is C16H17ClN4O5. The fourth-order valence-corrected chi connectivity index (χ4v) is 2.45. The van der Waals surface area contributed by atoms with Gasteiger partial charge in [0.2, 0.25) is 5.89 Å². The molecule has 0 aliphatic heterocycles. The Morgan fingerprint density at radius 1 is 1.38 bits per heavy atom. The minimum absolute atomic E-state index is 0.0157. The molecule has 0 spiro atoms. The van der Waals surface area contributed by atoms with Crippen molar-refractivity contribution in [3.05, 3.63) is 56.7 Å². The molecule has 0 unspecified atom stereocenters. The highest BCUT2D eigenvalue weighted by Crippen LogP contribution is 2.24. The molecule has 0 saturated carbocycles. The number of halogens is 1. The molecule has 26 heavy (non-hydrogen) atoms. The summed E-state index contributed by atoms with van der Waals surface area (Å²) >= 11 is 6.01. The lowest BCUT2D eigenvalue weighted by Gasteiger charge is -2.19. The summed E-state index contributed by atoms with van der Waals surface area (Å²) in [6.45, 7) is 4.35. The second-order valence-electron chi connectivity index (χ2n) is 5.23. The third-order valence-corrected chi connectivity index (χ3v) is 3.82. The van der Waals surface area contributed by atoms with Crippen molar-refractivity contribution >= 4 is 29.1 Å². The zero-order valence-corrected chi connectivity index (χ0v) is 14.9. The van der Waals surface area contributed by atoms with Crippen LogP contribution >= 0.6 is 11.6 Å². The Kier molecular flexibility index (Phi) is 6.29. The van der Waals surface area contributed by atoms with Gasteiger partial charge < -0.3 is 14.6 Å². The summed E-state index contributed by atoms with van der Waals surface area (Å²) in [5.74, 6) is -0.597. The number of carbonyl (C=O) groups is 2. The van der Waals surface area contributed by atoms with E-state index >= 15 is 0 Å². The Morgan fingerprint density at radius 2 is 2.12 bits per heavy atom. The highest BCUT2D eigenvalue weighted by molar-refractivity contribution is 6.34. The molecule has 1 heterocycles. The van der Waals surface area contributed by atoms with Crippen molar-refractivity contribution in [3.8, 4) is 0 Å². The van der Waals surface area contributed by atoms with Crippen molar-refractivity contribution in [2.75, 3.05) is 13.1 Å². The lowest BCUT2D eigenvalue weighted by molar-refractivity contribution is -0.384. The van der Waals surface area contributed by atoms with E-state index in [0.29, 0.717) is 13.1 Å². The molecule has 138 valence electrons. The number of nitro benzene ring substituents is 1. The van der Waals surface area contributed by atoms with Crippen LogP contribution in [0.2, 0.25) is 5.02 Å². The maximum Gasteiger partial charge on any atom is 0.273 e. The molecule has 1 aromatic heterocycles. The van der Waals surface area contributed by atoms with Crippen molar-refractivity contribution in [2.24, 2.45) is 0 Å². The Labute approximate surface area is 154 Å². The highest BCUT2D eigenvalue weighted by Gasteiger charge is 2.22. The summed E-state index contributed by atoms with van der Waals surface area (Å²) < 4.78 is 5.24. The third-order valence-electron chi connectivity index (χ3n) is 3.51. The van der Waals surface area contributed by atoms with Gasteiger partial charge in [-0.2, -0.15) is 0 Å². The summed E-state index contributed by atoms with van der Waals surface area (Å²) in [4.78, 5) is 40.0. The Balaban J connectivity index is 2.17. The van der Waals surface area contributed by atoms with Crippen molar-refractivity contribution in [2.45, 2.75) is 20.4 Å². The molecule has 2 rings (SSSR count). The zero-order chi connectivity index (χ0) is 19.3. The summed E-state index contributed by atoms with van der Waals surface area (Å²) in [5, 5.41) is 13.4. The number of hydrogen-bond donors (Lipinski definition) is 1. The second kappa shape index (κ2) is 8.43. The van der Waals surface area contributed by atoms with Crippen LogP contribution in [0.25, 0.3) is 0 Å². The molecule has 0 fully saturated rings. The standard InChI is InChI=1S/C16H17ClN4O5/c1-3-18-15(22)13-9-26-14(19-13)8-20(4-2)16(23)11-6-5-10(21(24)25)7-12(11)17/h5-7,9H,3-4,8H2,1-2H3,(H,18,22). The van der Waals surface area contributed by atoms with Crippen molar-refractivity contribution in [3.63, 3.8) is 0 Å². The first kappa shape index (κ1) is 19.4. The summed E-state index contributed by atoms with van der Waals surface area (Å²) in [6.07, 6.45) is 1.22. The number of carbonyl (C=O) groups excluding carboxylic acids is 2. The van der Waals surface area contributed by atoms with Gasteiger partial charge in [-0.05, 0) is 19.9 Å². The van der Waals surface area contributed by atoms with Gasteiger partial charge in [0.15, 0.2) is 5.69 Å². The first-order valence-corrected chi connectivity index (χ1v) is 8.21. The number of amides is 2. The number of hydrogen-bond acceptors (Lipinski definition) is 6. The van der Waals surface area contributed by atoms with Crippen LogP contribution in [-0.4, -0.2) is 39.7 Å². The first-order chi connectivity index (χ1) is 12.4. The fraction of sp³-hybridized carbons (Fsp3) is 0.312. The van der Waals surface area contributed by atoms with E-state index < -0.39 is 10.8 Å². The van der Waals surface area contributed by atoms with E-state index in [1.807, 2.05) is 0 Å². The van der Waals surface area contributed by atoms with Crippen LogP contribution < -0.4 is 5.32 Å². The lowest BCUT2D eigenvalue weighted by atomic mass is 10.1. The number of nitro groups is 1. The maximum atomic E-state index is 12.6. The van der Waals surface area contributed by atoms with Crippen LogP contribution in [-0.2, 0) is 6.54 Å². The van der Waals surface area contributed by atoms with Gasteiger partial charge in [-0.1, -0.05) is 11.6 Å². The molecule has 2 amide bonds. The van der Waals surface area contributed by atoms with Gasteiger partial charge in [-0.15, -0.1) is 0 Å². The summed E-state index contributed by atoms with van der Waals surface area (Å²) in [7, 11) is 0. The average molecular weight is 381 g/mol. The third kappa shape index (κ3) is 4.37. The largest absolute Gasteiger partial charge is 0.446 e. The van der Waals surface area contributed by atoms with Crippen LogP contribution in [0.1, 0.15) is 40.6 Å². The topological polar surface area (TPSA) is 119 Å². The second-order valence-corrected chi connectivity index (χ2v) is 5.63. The zero-order valence-electron chi connectivity index (χ0n) is 14.2. The molecule has 2 aromatic rings. The van der Waals surface area contributed by atoms with E-state index in [0.717, 1.165) is 6.07 Å². The fourth-order valence-electron chi connectivity index (χ4n) is 2.19. The Morgan fingerprint density at radius 3 is 2.69 bits per heavy atom. The maximum absolute atomic E-state index is 12.6. The Bertz CT molecular complexity index is 836. The van der Waals surface area contributed by atoms with Gasteiger partial charge in [0.1, 0.15) is 6.26 Å². The van der Waals surface area contributed by atoms with Gasteiger partial charge in [0.25, 0.3) is 17.5 Å². The van der Waals surface area contributed by atoms with E-state index in [2.05, 4.69) is 10.3 Å². The normalized spacial score (nSPS) is 10.4.